The van der Waals surface area contributed by atoms with Gasteiger partial charge in [-0.2, -0.15) is 5.10 Å². The smallest absolute Gasteiger partial charge is 0.0683 e. The Morgan fingerprint density at radius 1 is 1.14 bits per heavy atom. The second-order valence-electron chi connectivity index (χ2n) is 6.41. The minimum absolute atomic E-state index is 0.493. The molecule has 3 nitrogen and oxygen atoms in total. The van der Waals surface area contributed by atoms with E-state index in [1.807, 2.05) is 6.20 Å². The lowest BCUT2D eigenvalue weighted by Crippen LogP contribution is -2.19. The van der Waals surface area contributed by atoms with E-state index >= 15 is 0 Å². The summed E-state index contributed by atoms with van der Waals surface area (Å²) in [6.07, 6.45) is 1.99. The first-order valence-corrected chi connectivity index (χ1v) is 7.84. The van der Waals surface area contributed by atoms with Crippen LogP contribution in [0.4, 0.5) is 0 Å². The van der Waals surface area contributed by atoms with Crippen molar-refractivity contribution in [2.45, 2.75) is 47.1 Å². The van der Waals surface area contributed by atoms with Gasteiger partial charge in [-0.1, -0.05) is 45.9 Å². The minimum atomic E-state index is 0.493. The molecule has 0 aliphatic rings. The number of rotatable bonds is 6. The molecule has 0 atom stereocenters. The zero-order valence-electron chi connectivity index (χ0n) is 13.9. The lowest BCUT2D eigenvalue weighted by atomic mass is 10.0. The van der Waals surface area contributed by atoms with E-state index in [1.165, 1.54) is 22.5 Å². The lowest BCUT2D eigenvalue weighted by Gasteiger charge is -2.14. The van der Waals surface area contributed by atoms with Crippen molar-refractivity contribution in [1.82, 2.24) is 15.1 Å². The molecule has 0 saturated carbocycles. The highest BCUT2D eigenvalue weighted by Gasteiger charge is 2.12. The van der Waals surface area contributed by atoms with Gasteiger partial charge in [0.25, 0.3) is 0 Å². The first-order valence-electron chi connectivity index (χ1n) is 7.84. The van der Waals surface area contributed by atoms with Crippen molar-refractivity contribution in [2.75, 3.05) is 6.54 Å². The third-order valence-corrected chi connectivity index (χ3v) is 3.77. The van der Waals surface area contributed by atoms with Gasteiger partial charge in [-0.3, -0.25) is 0 Å². The van der Waals surface area contributed by atoms with Gasteiger partial charge < -0.3 is 5.32 Å². The molecule has 0 spiro atoms. The fourth-order valence-corrected chi connectivity index (χ4v) is 2.52. The third kappa shape index (κ3) is 3.73. The van der Waals surface area contributed by atoms with E-state index in [0.717, 1.165) is 13.1 Å². The Hall–Kier alpha value is -1.61. The molecule has 0 radical (unpaired) electrons. The number of nitrogens with one attached hydrogen (secondary N) is 1. The molecule has 0 amide bonds. The van der Waals surface area contributed by atoms with E-state index in [0.29, 0.717) is 11.8 Å². The lowest BCUT2D eigenvalue weighted by molar-refractivity contribution is 0.551. The summed E-state index contributed by atoms with van der Waals surface area (Å²) in [6.45, 7) is 13.0. The monoisotopic (exact) mass is 285 g/mol. The molecule has 114 valence electrons. The van der Waals surface area contributed by atoms with Crippen molar-refractivity contribution in [2.24, 2.45) is 5.92 Å². The number of benzene rings is 1. The van der Waals surface area contributed by atoms with Gasteiger partial charge in [0.2, 0.25) is 0 Å². The zero-order valence-corrected chi connectivity index (χ0v) is 13.9. The van der Waals surface area contributed by atoms with E-state index in [1.54, 1.807) is 0 Å². The van der Waals surface area contributed by atoms with Crippen LogP contribution in [0.15, 0.2) is 30.5 Å². The normalized spacial score (nSPS) is 11.6. The summed E-state index contributed by atoms with van der Waals surface area (Å²) in [5, 5.41) is 8.09. The maximum absolute atomic E-state index is 4.60. The highest BCUT2D eigenvalue weighted by Crippen LogP contribution is 2.24. The van der Waals surface area contributed by atoms with Gasteiger partial charge in [-0.15, -0.1) is 0 Å². The Bertz CT molecular complexity index is 582. The van der Waals surface area contributed by atoms with Crippen molar-refractivity contribution in [3.63, 3.8) is 0 Å². The van der Waals surface area contributed by atoms with Gasteiger partial charge in [-0.05, 0) is 36.9 Å². The van der Waals surface area contributed by atoms with E-state index in [9.17, 15) is 0 Å². The molecule has 2 aromatic rings. The summed E-state index contributed by atoms with van der Waals surface area (Å²) >= 11 is 0. The number of hydrogen-bond donors (Lipinski definition) is 1. The molecule has 0 fully saturated rings. The Balaban J connectivity index is 2.24. The van der Waals surface area contributed by atoms with Crippen LogP contribution in [-0.4, -0.2) is 16.3 Å². The SMILES string of the molecule is Cc1c(CNCC(C)C)cnn1-c1ccccc1C(C)C. The second kappa shape index (κ2) is 6.90. The molecule has 1 aromatic carbocycles. The number of para-hydroxylation sites is 1. The van der Waals surface area contributed by atoms with Crippen LogP contribution in [0.1, 0.15) is 50.4 Å². The highest BCUT2D eigenvalue weighted by molar-refractivity contribution is 5.44. The molecular formula is C18H27N3. The maximum atomic E-state index is 4.60. The molecule has 0 unspecified atom stereocenters. The Labute approximate surface area is 128 Å². The Morgan fingerprint density at radius 2 is 1.86 bits per heavy atom. The Kier molecular flexibility index (Phi) is 5.18. The van der Waals surface area contributed by atoms with E-state index < -0.39 is 0 Å². The number of aromatic nitrogens is 2. The van der Waals surface area contributed by atoms with Crippen LogP contribution in [0.3, 0.4) is 0 Å². The van der Waals surface area contributed by atoms with Crippen LogP contribution in [0.25, 0.3) is 5.69 Å². The van der Waals surface area contributed by atoms with Crippen LogP contribution in [0, 0.1) is 12.8 Å². The van der Waals surface area contributed by atoms with Crippen molar-refractivity contribution in [3.8, 4) is 5.69 Å². The van der Waals surface area contributed by atoms with Gasteiger partial charge in [0.15, 0.2) is 0 Å². The van der Waals surface area contributed by atoms with Crippen molar-refractivity contribution < 1.29 is 0 Å². The number of hydrogen-bond acceptors (Lipinski definition) is 2. The summed E-state index contributed by atoms with van der Waals surface area (Å²) in [5.41, 5.74) is 5.03. The first-order chi connectivity index (χ1) is 10.0. The predicted octanol–water partition coefficient (Wildman–Crippen LogP) is 4.05. The molecule has 0 bridgehead atoms. The zero-order chi connectivity index (χ0) is 15.4. The van der Waals surface area contributed by atoms with Gasteiger partial charge in [0.1, 0.15) is 0 Å². The van der Waals surface area contributed by atoms with Crippen LogP contribution < -0.4 is 5.32 Å². The molecule has 0 aliphatic carbocycles. The van der Waals surface area contributed by atoms with Gasteiger partial charge in [0, 0.05) is 17.8 Å². The largest absolute Gasteiger partial charge is 0.312 e. The molecule has 0 saturated heterocycles. The van der Waals surface area contributed by atoms with Crippen LogP contribution in [0.2, 0.25) is 0 Å². The first kappa shape index (κ1) is 15.8. The van der Waals surface area contributed by atoms with Crippen molar-refractivity contribution in [3.05, 3.63) is 47.3 Å². The molecule has 3 heteroatoms. The average Bonchev–Trinajstić information content (AvgIpc) is 2.80. The topological polar surface area (TPSA) is 29.9 Å². The minimum Gasteiger partial charge on any atom is -0.312 e. The van der Waals surface area contributed by atoms with E-state index in [2.05, 4.69) is 74.0 Å². The van der Waals surface area contributed by atoms with Gasteiger partial charge >= 0.3 is 0 Å². The van der Waals surface area contributed by atoms with Gasteiger partial charge in [0.05, 0.1) is 11.9 Å². The molecule has 1 N–H and O–H groups in total. The summed E-state index contributed by atoms with van der Waals surface area (Å²) in [5.74, 6) is 1.16. The number of nitrogens with zero attached hydrogens (tertiary/aromatic N) is 2. The van der Waals surface area contributed by atoms with Crippen LogP contribution in [-0.2, 0) is 6.54 Å². The van der Waals surface area contributed by atoms with Crippen molar-refractivity contribution in [1.29, 1.82) is 0 Å². The fourth-order valence-electron chi connectivity index (χ4n) is 2.52. The Morgan fingerprint density at radius 3 is 2.52 bits per heavy atom. The van der Waals surface area contributed by atoms with E-state index in [-0.39, 0.29) is 0 Å². The standard InChI is InChI=1S/C18H27N3/c1-13(2)10-19-11-16-12-20-21(15(16)5)18-9-7-6-8-17(18)14(3)4/h6-9,12-14,19H,10-11H2,1-5H3. The summed E-state index contributed by atoms with van der Waals surface area (Å²) in [6, 6.07) is 8.53. The van der Waals surface area contributed by atoms with Crippen LogP contribution in [0.5, 0.6) is 0 Å². The predicted molar refractivity (Wildman–Crippen MR) is 88.9 cm³/mol. The summed E-state index contributed by atoms with van der Waals surface area (Å²) in [4.78, 5) is 0. The third-order valence-electron chi connectivity index (χ3n) is 3.77. The molecule has 1 aromatic heterocycles. The molecule has 0 aliphatic heterocycles. The fraction of sp³-hybridized carbons (Fsp3) is 0.500. The highest BCUT2D eigenvalue weighted by atomic mass is 15.3. The van der Waals surface area contributed by atoms with E-state index in [4.69, 9.17) is 0 Å². The average molecular weight is 285 g/mol. The van der Waals surface area contributed by atoms with Crippen molar-refractivity contribution >= 4 is 0 Å². The van der Waals surface area contributed by atoms with Crippen LogP contribution >= 0.6 is 0 Å². The molecule has 2 rings (SSSR count). The maximum Gasteiger partial charge on any atom is 0.0683 e. The molecular weight excluding hydrogens is 258 g/mol. The quantitative estimate of drug-likeness (QED) is 0.867. The molecule has 21 heavy (non-hydrogen) atoms. The van der Waals surface area contributed by atoms with Gasteiger partial charge in [-0.25, -0.2) is 4.68 Å². The summed E-state index contributed by atoms with van der Waals surface area (Å²) < 4.78 is 2.07. The molecule has 1 heterocycles. The summed E-state index contributed by atoms with van der Waals surface area (Å²) in [7, 11) is 0. The second-order valence-corrected chi connectivity index (χ2v) is 6.41.